The van der Waals surface area contributed by atoms with E-state index in [0.29, 0.717) is 17.5 Å². The highest BCUT2D eigenvalue weighted by Crippen LogP contribution is 2.12. The molecule has 0 fully saturated rings. The second kappa shape index (κ2) is 4.88. The molecule has 6 nitrogen and oxygen atoms in total. The van der Waals surface area contributed by atoms with Crippen molar-refractivity contribution < 1.29 is 0 Å². The summed E-state index contributed by atoms with van der Waals surface area (Å²) in [6, 6.07) is 5.52. The van der Waals surface area contributed by atoms with E-state index >= 15 is 0 Å². The zero-order valence-electron chi connectivity index (χ0n) is 11.4. The number of aryl methyl sites for hydroxylation is 1. The number of nitrogens with zero attached hydrogens (tertiary/aromatic N) is 4. The molecular formula is C14H15N5O. The minimum atomic E-state index is -0.115. The topological polar surface area (TPSA) is 76.5 Å². The van der Waals surface area contributed by atoms with Gasteiger partial charge in [0, 0.05) is 24.4 Å². The molecule has 1 N–H and O–H groups in total. The van der Waals surface area contributed by atoms with Crippen LogP contribution in [0.4, 0.5) is 0 Å². The van der Waals surface area contributed by atoms with E-state index in [9.17, 15) is 4.79 Å². The Morgan fingerprint density at radius 1 is 1.40 bits per heavy atom. The molecule has 0 saturated carbocycles. The SMILES string of the molecule is Cc1cc(CC(C)n2cnc3cccnc3c2=O)n[nH]1. The molecule has 0 aliphatic carbocycles. The van der Waals surface area contributed by atoms with Crippen LogP contribution in [0, 0.1) is 6.92 Å². The smallest absolute Gasteiger partial charge is 0.280 e. The third kappa shape index (κ3) is 2.20. The molecule has 3 aromatic rings. The van der Waals surface area contributed by atoms with Crippen LogP contribution >= 0.6 is 0 Å². The van der Waals surface area contributed by atoms with E-state index in [1.54, 1.807) is 29.2 Å². The quantitative estimate of drug-likeness (QED) is 0.784. The Morgan fingerprint density at radius 2 is 2.25 bits per heavy atom. The molecule has 0 aromatic carbocycles. The average Bonchev–Trinajstić information content (AvgIpc) is 2.84. The third-order valence-corrected chi connectivity index (χ3v) is 3.28. The first-order chi connectivity index (χ1) is 9.65. The first-order valence-corrected chi connectivity index (χ1v) is 6.48. The van der Waals surface area contributed by atoms with Crippen molar-refractivity contribution in [2.45, 2.75) is 26.3 Å². The minimum Gasteiger partial charge on any atom is -0.294 e. The van der Waals surface area contributed by atoms with E-state index in [2.05, 4.69) is 20.2 Å². The van der Waals surface area contributed by atoms with Gasteiger partial charge in [0.1, 0.15) is 0 Å². The zero-order valence-corrected chi connectivity index (χ0v) is 11.4. The van der Waals surface area contributed by atoms with Crippen LogP contribution in [0.25, 0.3) is 11.0 Å². The number of hydrogen-bond acceptors (Lipinski definition) is 4. The normalized spacial score (nSPS) is 12.7. The Morgan fingerprint density at radius 3 is 3.00 bits per heavy atom. The van der Waals surface area contributed by atoms with Gasteiger partial charge in [0.2, 0.25) is 0 Å². The van der Waals surface area contributed by atoms with Crippen molar-refractivity contribution in [1.82, 2.24) is 24.7 Å². The molecule has 6 heteroatoms. The lowest BCUT2D eigenvalue weighted by molar-refractivity contribution is 0.516. The molecule has 102 valence electrons. The summed E-state index contributed by atoms with van der Waals surface area (Å²) in [4.78, 5) is 20.8. The zero-order chi connectivity index (χ0) is 14.1. The summed E-state index contributed by atoms with van der Waals surface area (Å²) in [5, 5.41) is 7.10. The molecule has 3 heterocycles. The van der Waals surface area contributed by atoms with Crippen molar-refractivity contribution >= 4 is 11.0 Å². The van der Waals surface area contributed by atoms with Gasteiger partial charge in [0.15, 0.2) is 5.52 Å². The van der Waals surface area contributed by atoms with Crippen LogP contribution in [0.1, 0.15) is 24.4 Å². The molecule has 20 heavy (non-hydrogen) atoms. The van der Waals surface area contributed by atoms with Gasteiger partial charge in [-0.05, 0) is 32.0 Å². The molecule has 0 spiro atoms. The second-order valence-electron chi connectivity index (χ2n) is 4.92. The molecule has 0 saturated heterocycles. The van der Waals surface area contributed by atoms with Gasteiger partial charge in [0.05, 0.1) is 17.5 Å². The van der Waals surface area contributed by atoms with Gasteiger partial charge in [-0.1, -0.05) is 0 Å². The van der Waals surface area contributed by atoms with Crippen molar-refractivity contribution in [1.29, 1.82) is 0 Å². The molecule has 1 atom stereocenters. The lowest BCUT2D eigenvalue weighted by atomic mass is 10.1. The molecule has 0 bridgehead atoms. The van der Waals surface area contributed by atoms with Gasteiger partial charge in [-0.15, -0.1) is 0 Å². The van der Waals surface area contributed by atoms with Gasteiger partial charge in [-0.3, -0.25) is 14.5 Å². The fraction of sp³-hybridized carbons (Fsp3) is 0.286. The molecule has 0 amide bonds. The van der Waals surface area contributed by atoms with Gasteiger partial charge in [-0.25, -0.2) is 9.97 Å². The van der Waals surface area contributed by atoms with E-state index in [-0.39, 0.29) is 11.6 Å². The van der Waals surface area contributed by atoms with Crippen molar-refractivity contribution in [2.75, 3.05) is 0 Å². The van der Waals surface area contributed by atoms with Crippen LogP contribution in [0.5, 0.6) is 0 Å². The summed E-state index contributed by atoms with van der Waals surface area (Å²) in [5.41, 5.74) is 2.85. The van der Waals surface area contributed by atoms with Crippen LogP contribution in [-0.4, -0.2) is 24.7 Å². The van der Waals surface area contributed by atoms with Crippen molar-refractivity contribution in [3.05, 3.63) is 52.5 Å². The molecular weight excluding hydrogens is 254 g/mol. The first kappa shape index (κ1) is 12.5. The minimum absolute atomic E-state index is 0.0240. The standard InChI is InChI=1S/C14H15N5O/c1-9-6-11(18-17-9)7-10(2)19-8-16-12-4-3-5-15-13(12)14(19)20/h3-6,8,10H,7H2,1-2H3,(H,17,18). The molecule has 0 radical (unpaired) electrons. The summed E-state index contributed by atoms with van der Waals surface area (Å²) in [7, 11) is 0. The summed E-state index contributed by atoms with van der Waals surface area (Å²) in [6.07, 6.45) is 3.86. The number of rotatable bonds is 3. The highest BCUT2D eigenvalue weighted by atomic mass is 16.1. The number of hydrogen-bond donors (Lipinski definition) is 1. The van der Waals surface area contributed by atoms with Crippen LogP contribution in [0.15, 0.2) is 35.5 Å². The third-order valence-electron chi connectivity index (χ3n) is 3.28. The fourth-order valence-corrected chi connectivity index (χ4v) is 2.26. The summed E-state index contributed by atoms with van der Waals surface area (Å²) >= 11 is 0. The first-order valence-electron chi connectivity index (χ1n) is 6.48. The maximum Gasteiger partial charge on any atom is 0.280 e. The van der Waals surface area contributed by atoms with Gasteiger partial charge in [0.25, 0.3) is 5.56 Å². The predicted molar refractivity (Wildman–Crippen MR) is 75.5 cm³/mol. The van der Waals surface area contributed by atoms with Crippen molar-refractivity contribution in [3.8, 4) is 0 Å². The highest BCUT2D eigenvalue weighted by Gasteiger charge is 2.12. The average molecular weight is 269 g/mol. The van der Waals surface area contributed by atoms with E-state index in [1.165, 1.54) is 0 Å². The van der Waals surface area contributed by atoms with Gasteiger partial charge >= 0.3 is 0 Å². The molecule has 1 unspecified atom stereocenters. The maximum absolute atomic E-state index is 12.4. The molecule has 3 rings (SSSR count). The van der Waals surface area contributed by atoms with Gasteiger partial charge in [-0.2, -0.15) is 5.10 Å². The Bertz CT molecular complexity index is 804. The second-order valence-corrected chi connectivity index (χ2v) is 4.92. The Labute approximate surface area is 115 Å². The molecule has 0 aliphatic heterocycles. The number of nitrogens with one attached hydrogen (secondary N) is 1. The monoisotopic (exact) mass is 269 g/mol. The van der Waals surface area contributed by atoms with Crippen molar-refractivity contribution in [2.24, 2.45) is 0 Å². The predicted octanol–water partition coefficient (Wildman–Crippen LogP) is 1.63. The molecule has 3 aromatic heterocycles. The van der Waals surface area contributed by atoms with E-state index in [0.717, 1.165) is 11.4 Å². The van der Waals surface area contributed by atoms with Crippen LogP contribution in [0.3, 0.4) is 0 Å². The molecule has 0 aliphatic rings. The van der Waals surface area contributed by atoms with E-state index in [4.69, 9.17) is 0 Å². The maximum atomic E-state index is 12.4. The lowest BCUT2D eigenvalue weighted by Crippen LogP contribution is -2.25. The number of H-pyrrole nitrogens is 1. The largest absolute Gasteiger partial charge is 0.294 e. The van der Waals surface area contributed by atoms with Crippen LogP contribution < -0.4 is 5.56 Å². The van der Waals surface area contributed by atoms with E-state index < -0.39 is 0 Å². The summed E-state index contributed by atoms with van der Waals surface area (Å²) < 4.78 is 1.61. The Balaban J connectivity index is 1.97. The summed E-state index contributed by atoms with van der Waals surface area (Å²) in [6.45, 7) is 3.93. The van der Waals surface area contributed by atoms with Gasteiger partial charge < -0.3 is 0 Å². The number of fused-ring (bicyclic) bond motifs is 1. The van der Waals surface area contributed by atoms with Crippen LogP contribution in [0.2, 0.25) is 0 Å². The van der Waals surface area contributed by atoms with Crippen LogP contribution in [-0.2, 0) is 6.42 Å². The Kier molecular flexibility index (Phi) is 3.06. The lowest BCUT2D eigenvalue weighted by Gasteiger charge is -2.13. The number of aromatic amines is 1. The number of pyridine rings is 1. The number of aromatic nitrogens is 5. The van der Waals surface area contributed by atoms with E-state index in [1.807, 2.05) is 19.9 Å². The fourth-order valence-electron chi connectivity index (χ4n) is 2.26. The highest BCUT2D eigenvalue weighted by molar-refractivity contribution is 5.71. The Hall–Kier alpha value is -2.50. The van der Waals surface area contributed by atoms with Crippen molar-refractivity contribution in [3.63, 3.8) is 0 Å². The summed E-state index contributed by atoms with van der Waals surface area (Å²) in [5.74, 6) is 0.